The van der Waals surface area contributed by atoms with E-state index in [2.05, 4.69) is 19.2 Å². The molecule has 1 aliphatic rings. The molecule has 1 atom stereocenters. The molecule has 94 valence electrons. The number of carbonyl (C=O) groups is 1. The average Bonchev–Trinajstić information content (AvgIpc) is 2.27. The fourth-order valence-corrected chi connectivity index (χ4v) is 2.18. The lowest BCUT2D eigenvalue weighted by Crippen LogP contribution is -2.44. The Morgan fingerprint density at radius 3 is 2.56 bits per heavy atom. The number of rotatable bonds is 5. The molecule has 1 rings (SSSR count). The topological polar surface area (TPSA) is 49.3 Å². The summed E-state index contributed by atoms with van der Waals surface area (Å²) in [6, 6.07) is 0. The van der Waals surface area contributed by atoms with Crippen LogP contribution >= 0.6 is 0 Å². The van der Waals surface area contributed by atoms with Crippen LogP contribution in [0.2, 0.25) is 0 Å². The molecule has 0 aromatic heterocycles. The highest BCUT2D eigenvalue weighted by atomic mass is 16.3. The molecule has 16 heavy (non-hydrogen) atoms. The molecule has 3 nitrogen and oxygen atoms in total. The van der Waals surface area contributed by atoms with Gasteiger partial charge in [0.05, 0.1) is 5.60 Å². The van der Waals surface area contributed by atoms with Crippen molar-refractivity contribution >= 4 is 5.91 Å². The summed E-state index contributed by atoms with van der Waals surface area (Å²) in [6.07, 6.45) is 6.64. The summed E-state index contributed by atoms with van der Waals surface area (Å²) < 4.78 is 0. The molecule has 1 unspecified atom stereocenters. The lowest BCUT2D eigenvalue weighted by molar-refractivity contribution is -0.123. The van der Waals surface area contributed by atoms with Gasteiger partial charge in [0.1, 0.15) is 0 Å². The van der Waals surface area contributed by atoms with Gasteiger partial charge >= 0.3 is 0 Å². The molecule has 0 radical (unpaired) electrons. The van der Waals surface area contributed by atoms with Crippen molar-refractivity contribution in [2.75, 3.05) is 6.54 Å². The highest BCUT2D eigenvalue weighted by Gasteiger charge is 2.29. The molecule has 1 fully saturated rings. The SMILES string of the molecule is CCC(C)CC(=O)NCC1(O)CCCCC1. The molecular weight excluding hydrogens is 202 g/mol. The first kappa shape index (κ1) is 13.5. The Morgan fingerprint density at radius 2 is 2.00 bits per heavy atom. The maximum atomic E-state index is 11.6. The Bertz CT molecular complexity index is 222. The lowest BCUT2D eigenvalue weighted by atomic mass is 9.85. The smallest absolute Gasteiger partial charge is 0.220 e. The van der Waals surface area contributed by atoms with Crippen LogP contribution in [0.3, 0.4) is 0 Å². The Morgan fingerprint density at radius 1 is 1.38 bits per heavy atom. The summed E-state index contributed by atoms with van der Waals surface area (Å²) in [7, 11) is 0. The second kappa shape index (κ2) is 6.24. The first-order valence-electron chi connectivity index (χ1n) is 6.55. The number of aliphatic hydroxyl groups is 1. The molecule has 1 saturated carbocycles. The largest absolute Gasteiger partial charge is 0.388 e. The van der Waals surface area contributed by atoms with E-state index in [1.54, 1.807) is 0 Å². The maximum Gasteiger partial charge on any atom is 0.220 e. The third-order valence-corrected chi connectivity index (χ3v) is 3.63. The summed E-state index contributed by atoms with van der Waals surface area (Å²) in [5.74, 6) is 0.509. The average molecular weight is 227 g/mol. The summed E-state index contributed by atoms with van der Waals surface area (Å²) in [5, 5.41) is 13.1. The van der Waals surface area contributed by atoms with Crippen molar-refractivity contribution < 1.29 is 9.90 Å². The molecule has 0 aromatic carbocycles. The molecule has 0 saturated heterocycles. The normalized spacial score (nSPS) is 21.4. The molecule has 0 aliphatic heterocycles. The van der Waals surface area contributed by atoms with E-state index < -0.39 is 5.60 Å². The van der Waals surface area contributed by atoms with Crippen molar-refractivity contribution in [2.45, 2.75) is 64.4 Å². The summed E-state index contributed by atoms with van der Waals surface area (Å²) >= 11 is 0. The van der Waals surface area contributed by atoms with Gasteiger partial charge in [-0.15, -0.1) is 0 Å². The van der Waals surface area contributed by atoms with E-state index in [9.17, 15) is 9.90 Å². The number of nitrogens with one attached hydrogen (secondary N) is 1. The second-order valence-electron chi connectivity index (χ2n) is 5.28. The van der Waals surface area contributed by atoms with E-state index in [4.69, 9.17) is 0 Å². The zero-order valence-corrected chi connectivity index (χ0v) is 10.6. The van der Waals surface area contributed by atoms with Gasteiger partial charge < -0.3 is 10.4 Å². The van der Waals surface area contributed by atoms with Crippen LogP contribution in [0.1, 0.15) is 58.8 Å². The Labute approximate surface area is 98.6 Å². The zero-order chi connectivity index (χ0) is 12.0. The van der Waals surface area contributed by atoms with Crippen LogP contribution in [0.15, 0.2) is 0 Å². The second-order valence-corrected chi connectivity index (χ2v) is 5.28. The molecule has 1 amide bonds. The van der Waals surface area contributed by atoms with E-state index in [0.29, 0.717) is 18.9 Å². The molecule has 0 heterocycles. The lowest BCUT2D eigenvalue weighted by Gasteiger charge is -2.32. The van der Waals surface area contributed by atoms with Gasteiger partial charge in [-0.1, -0.05) is 39.5 Å². The third kappa shape index (κ3) is 4.52. The molecular formula is C13H25NO2. The van der Waals surface area contributed by atoms with Crippen LogP contribution in [-0.4, -0.2) is 23.2 Å². The first-order valence-corrected chi connectivity index (χ1v) is 6.55. The fraction of sp³-hybridized carbons (Fsp3) is 0.923. The minimum absolute atomic E-state index is 0.0772. The number of hydrogen-bond donors (Lipinski definition) is 2. The van der Waals surface area contributed by atoms with Gasteiger partial charge in [-0.2, -0.15) is 0 Å². The summed E-state index contributed by atoms with van der Waals surface area (Å²) in [4.78, 5) is 11.6. The minimum atomic E-state index is -0.636. The van der Waals surface area contributed by atoms with Gasteiger partial charge in [-0.3, -0.25) is 4.79 Å². The van der Waals surface area contributed by atoms with Crippen molar-refractivity contribution in [1.82, 2.24) is 5.32 Å². The minimum Gasteiger partial charge on any atom is -0.388 e. The molecule has 0 aromatic rings. The highest BCUT2D eigenvalue weighted by Crippen LogP contribution is 2.27. The van der Waals surface area contributed by atoms with Gasteiger partial charge in [0.2, 0.25) is 5.91 Å². The monoisotopic (exact) mass is 227 g/mol. The summed E-state index contributed by atoms with van der Waals surface area (Å²) in [5.41, 5.74) is -0.636. The predicted molar refractivity (Wildman–Crippen MR) is 65.1 cm³/mol. The quantitative estimate of drug-likeness (QED) is 0.756. The number of amides is 1. The predicted octanol–water partition coefficient (Wildman–Crippen LogP) is 2.23. The van der Waals surface area contributed by atoms with E-state index in [-0.39, 0.29) is 5.91 Å². The van der Waals surface area contributed by atoms with E-state index >= 15 is 0 Å². The maximum absolute atomic E-state index is 11.6. The van der Waals surface area contributed by atoms with Gasteiger partial charge in [0.25, 0.3) is 0 Å². The van der Waals surface area contributed by atoms with Crippen molar-refractivity contribution in [2.24, 2.45) is 5.92 Å². The fourth-order valence-electron chi connectivity index (χ4n) is 2.18. The molecule has 0 bridgehead atoms. The van der Waals surface area contributed by atoms with Crippen LogP contribution in [0.4, 0.5) is 0 Å². The molecule has 1 aliphatic carbocycles. The number of carbonyl (C=O) groups excluding carboxylic acids is 1. The Balaban J connectivity index is 2.24. The van der Waals surface area contributed by atoms with Gasteiger partial charge in [0, 0.05) is 13.0 Å². The zero-order valence-electron chi connectivity index (χ0n) is 10.6. The van der Waals surface area contributed by atoms with Crippen LogP contribution in [0.5, 0.6) is 0 Å². The van der Waals surface area contributed by atoms with Gasteiger partial charge in [-0.25, -0.2) is 0 Å². The first-order chi connectivity index (χ1) is 7.56. The summed E-state index contributed by atoms with van der Waals surface area (Å²) in [6.45, 7) is 4.60. The van der Waals surface area contributed by atoms with Crippen LogP contribution < -0.4 is 5.32 Å². The van der Waals surface area contributed by atoms with Crippen LogP contribution in [0, 0.1) is 5.92 Å². The standard InChI is InChI=1S/C13H25NO2/c1-3-11(2)9-12(15)14-10-13(16)7-5-4-6-8-13/h11,16H,3-10H2,1-2H3,(H,14,15). The highest BCUT2D eigenvalue weighted by molar-refractivity contribution is 5.76. The van der Waals surface area contributed by atoms with Gasteiger partial charge in [-0.05, 0) is 18.8 Å². The van der Waals surface area contributed by atoms with Crippen molar-refractivity contribution in [1.29, 1.82) is 0 Å². The molecule has 0 spiro atoms. The van der Waals surface area contributed by atoms with Crippen molar-refractivity contribution in [3.63, 3.8) is 0 Å². The van der Waals surface area contributed by atoms with Gasteiger partial charge in [0.15, 0.2) is 0 Å². The molecule has 3 heteroatoms. The Hall–Kier alpha value is -0.570. The van der Waals surface area contributed by atoms with Crippen molar-refractivity contribution in [3.05, 3.63) is 0 Å². The van der Waals surface area contributed by atoms with E-state index in [0.717, 1.165) is 32.1 Å². The van der Waals surface area contributed by atoms with Crippen molar-refractivity contribution in [3.8, 4) is 0 Å². The van der Waals surface area contributed by atoms with E-state index in [1.165, 1.54) is 6.42 Å². The van der Waals surface area contributed by atoms with Crippen LogP contribution in [-0.2, 0) is 4.79 Å². The number of hydrogen-bond acceptors (Lipinski definition) is 2. The third-order valence-electron chi connectivity index (χ3n) is 3.63. The van der Waals surface area contributed by atoms with Crippen LogP contribution in [0.25, 0.3) is 0 Å². The van der Waals surface area contributed by atoms with E-state index in [1.807, 2.05) is 0 Å². The Kier molecular flexibility index (Phi) is 5.26. The molecule has 2 N–H and O–H groups in total.